The maximum absolute atomic E-state index is 13.2. The molecule has 0 radical (unpaired) electrons. The number of nitrogens with two attached hydrogens (primary N) is 1. The largest absolute Gasteiger partial charge is 0.398 e. The van der Waals surface area contributed by atoms with Gasteiger partial charge in [0.25, 0.3) is 10.0 Å². The van der Waals surface area contributed by atoms with E-state index in [0.717, 1.165) is 34.1 Å². The first-order chi connectivity index (χ1) is 11.0. The normalized spacial score (nSPS) is 14.6. The quantitative estimate of drug-likeness (QED) is 0.449. The van der Waals surface area contributed by atoms with Crippen molar-refractivity contribution in [2.24, 2.45) is 0 Å². The second-order valence-electron chi connectivity index (χ2n) is 5.70. The molecule has 0 aliphatic carbocycles. The fraction of sp³-hybridized carbons (Fsp3) is 0.294. The van der Waals surface area contributed by atoms with Gasteiger partial charge in [0.05, 0.1) is 10.6 Å². The molecule has 1 aliphatic heterocycles. The lowest BCUT2D eigenvalue weighted by Gasteiger charge is -2.31. The standard InChI is InChI=1S/C17H19IN2O2S/c1-12-16(9-8-14(11-18)17(12)19)23(21,22)20-10-4-6-13-5-2-3-7-15(13)20/h2-3,5,7-9H,4,6,10-11,19H2,1H3. The van der Waals surface area contributed by atoms with Crippen molar-refractivity contribution in [2.75, 3.05) is 16.6 Å². The minimum absolute atomic E-state index is 0.306. The molecule has 0 spiro atoms. The lowest BCUT2D eigenvalue weighted by atomic mass is 10.0. The molecule has 122 valence electrons. The molecule has 1 heterocycles. The first kappa shape index (κ1) is 16.6. The fourth-order valence-corrected chi connectivity index (χ4v) is 5.47. The number of hydrogen-bond donors (Lipinski definition) is 1. The Balaban J connectivity index is 2.12. The molecule has 3 rings (SSSR count). The number of nitrogens with zero attached hydrogens (tertiary/aromatic N) is 1. The minimum atomic E-state index is -3.60. The number of halogens is 1. The van der Waals surface area contributed by atoms with Crippen LogP contribution in [0.1, 0.15) is 23.1 Å². The lowest BCUT2D eigenvalue weighted by molar-refractivity contribution is 0.586. The van der Waals surface area contributed by atoms with Crippen LogP contribution in [0.3, 0.4) is 0 Å². The van der Waals surface area contributed by atoms with Crippen molar-refractivity contribution in [3.63, 3.8) is 0 Å². The summed E-state index contributed by atoms with van der Waals surface area (Å²) in [6, 6.07) is 11.2. The van der Waals surface area contributed by atoms with Crippen molar-refractivity contribution < 1.29 is 8.42 Å². The van der Waals surface area contributed by atoms with Gasteiger partial charge in [-0.05, 0) is 48.6 Å². The highest BCUT2D eigenvalue weighted by Gasteiger charge is 2.30. The van der Waals surface area contributed by atoms with Crippen LogP contribution in [0, 0.1) is 6.92 Å². The van der Waals surface area contributed by atoms with Crippen molar-refractivity contribution in [1.82, 2.24) is 0 Å². The number of hydrogen-bond acceptors (Lipinski definition) is 3. The third-order valence-electron chi connectivity index (χ3n) is 4.34. The Morgan fingerprint density at radius 3 is 2.70 bits per heavy atom. The monoisotopic (exact) mass is 442 g/mol. The SMILES string of the molecule is Cc1c(S(=O)(=O)N2CCCc3ccccc32)ccc(CI)c1N. The summed E-state index contributed by atoms with van der Waals surface area (Å²) in [7, 11) is -3.60. The van der Waals surface area contributed by atoms with Crippen LogP contribution in [0.15, 0.2) is 41.3 Å². The van der Waals surface area contributed by atoms with Crippen LogP contribution in [-0.2, 0) is 20.9 Å². The van der Waals surface area contributed by atoms with E-state index >= 15 is 0 Å². The number of fused-ring (bicyclic) bond motifs is 1. The molecule has 2 aromatic rings. The third kappa shape index (κ3) is 2.82. The summed E-state index contributed by atoms with van der Waals surface area (Å²) >= 11 is 2.23. The molecule has 0 saturated heterocycles. The molecule has 23 heavy (non-hydrogen) atoms. The summed E-state index contributed by atoms with van der Waals surface area (Å²) in [5.41, 5.74) is 10.2. The highest BCUT2D eigenvalue weighted by molar-refractivity contribution is 14.1. The third-order valence-corrected chi connectivity index (χ3v) is 7.11. The Morgan fingerprint density at radius 2 is 1.96 bits per heavy atom. The van der Waals surface area contributed by atoms with Crippen LogP contribution in [0.4, 0.5) is 11.4 Å². The second-order valence-corrected chi connectivity index (χ2v) is 8.30. The molecule has 2 N–H and O–H groups in total. The van der Waals surface area contributed by atoms with Crippen LogP contribution >= 0.6 is 22.6 Å². The summed E-state index contributed by atoms with van der Waals surface area (Å²) in [5, 5.41) is 0. The highest BCUT2D eigenvalue weighted by Crippen LogP contribution is 2.34. The van der Waals surface area contributed by atoms with Crippen molar-refractivity contribution in [2.45, 2.75) is 29.1 Å². The smallest absolute Gasteiger partial charge is 0.264 e. The molecular weight excluding hydrogens is 423 g/mol. The fourth-order valence-electron chi connectivity index (χ4n) is 3.03. The van der Waals surface area contributed by atoms with E-state index in [1.165, 1.54) is 4.31 Å². The van der Waals surface area contributed by atoms with Gasteiger partial charge in [0, 0.05) is 16.7 Å². The molecule has 2 aromatic carbocycles. The molecule has 0 bridgehead atoms. The Kier molecular flexibility index (Phi) is 4.55. The molecule has 0 aromatic heterocycles. The number of para-hydroxylation sites is 1. The molecule has 0 atom stereocenters. The summed E-state index contributed by atoms with van der Waals surface area (Å²) in [6.07, 6.45) is 1.74. The zero-order valence-electron chi connectivity index (χ0n) is 12.9. The number of nitrogen functional groups attached to an aromatic ring is 1. The van der Waals surface area contributed by atoms with Crippen molar-refractivity contribution in [3.05, 3.63) is 53.1 Å². The van der Waals surface area contributed by atoms with E-state index in [1.807, 2.05) is 30.3 Å². The van der Waals surface area contributed by atoms with Crippen LogP contribution < -0.4 is 10.0 Å². The van der Waals surface area contributed by atoms with E-state index < -0.39 is 10.0 Å². The number of rotatable bonds is 3. The Hall–Kier alpha value is -1.28. The first-order valence-corrected chi connectivity index (χ1v) is 10.5. The first-order valence-electron chi connectivity index (χ1n) is 7.51. The summed E-state index contributed by atoms with van der Waals surface area (Å²) in [5.74, 6) is 0. The topological polar surface area (TPSA) is 63.4 Å². The average Bonchev–Trinajstić information content (AvgIpc) is 2.56. The molecule has 0 unspecified atom stereocenters. The van der Waals surface area contributed by atoms with E-state index in [-0.39, 0.29) is 0 Å². The molecule has 4 nitrogen and oxygen atoms in total. The van der Waals surface area contributed by atoms with Gasteiger partial charge >= 0.3 is 0 Å². The van der Waals surface area contributed by atoms with Gasteiger partial charge < -0.3 is 5.73 Å². The van der Waals surface area contributed by atoms with Crippen LogP contribution in [0.25, 0.3) is 0 Å². The maximum atomic E-state index is 13.2. The Bertz CT molecular complexity index is 850. The van der Waals surface area contributed by atoms with Crippen molar-refractivity contribution >= 4 is 44.0 Å². The van der Waals surface area contributed by atoms with Crippen LogP contribution in [-0.4, -0.2) is 15.0 Å². The van der Waals surface area contributed by atoms with Crippen molar-refractivity contribution in [3.8, 4) is 0 Å². The van der Waals surface area contributed by atoms with Gasteiger partial charge in [-0.3, -0.25) is 4.31 Å². The van der Waals surface area contributed by atoms with Gasteiger partial charge in [0.15, 0.2) is 0 Å². The van der Waals surface area contributed by atoms with E-state index in [9.17, 15) is 8.42 Å². The second kappa shape index (κ2) is 6.32. The van der Waals surface area contributed by atoms with E-state index in [4.69, 9.17) is 5.73 Å². The predicted octanol–water partition coefficient (Wildman–Crippen LogP) is 3.65. The summed E-state index contributed by atoms with van der Waals surface area (Å²) in [4.78, 5) is 0.306. The summed E-state index contributed by atoms with van der Waals surface area (Å²) in [6.45, 7) is 2.29. The molecule has 1 aliphatic rings. The van der Waals surface area contributed by atoms with Gasteiger partial charge in [-0.15, -0.1) is 0 Å². The molecule has 0 saturated carbocycles. The van der Waals surface area contributed by atoms with E-state index in [1.54, 1.807) is 13.0 Å². The Labute approximate surface area is 150 Å². The maximum Gasteiger partial charge on any atom is 0.264 e. The predicted molar refractivity (Wildman–Crippen MR) is 103 cm³/mol. The van der Waals surface area contributed by atoms with Gasteiger partial charge in [0.2, 0.25) is 0 Å². The average molecular weight is 442 g/mol. The van der Waals surface area contributed by atoms with Gasteiger partial charge in [0.1, 0.15) is 0 Å². The van der Waals surface area contributed by atoms with E-state index in [0.29, 0.717) is 22.7 Å². The lowest BCUT2D eigenvalue weighted by Crippen LogP contribution is -2.36. The number of sulfonamides is 1. The van der Waals surface area contributed by atoms with Crippen LogP contribution in [0.5, 0.6) is 0 Å². The number of alkyl halides is 1. The highest BCUT2D eigenvalue weighted by atomic mass is 127. The van der Waals surface area contributed by atoms with Gasteiger partial charge in [-0.2, -0.15) is 0 Å². The van der Waals surface area contributed by atoms with Gasteiger partial charge in [-0.1, -0.05) is 46.9 Å². The molecule has 6 heteroatoms. The van der Waals surface area contributed by atoms with Crippen LogP contribution in [0.2, 0.25) is 0 Å². The number of benzene rings is 2. The number of anilines is 2. The summed E-state index contributed by atoms with van der Waals surface area (Å²) < 4.78 is 28.7. The van der Waals surface area contributed by atoms with Crippen molar-refractivity contribution in [1.29, 1.82) is 0 Å². The van der Waals surface area contributed by atoms with E-state index in [2.05, 4.69) is 22.6 Å². The Morgan fingerprint density at radius 1 is 1.22 bits per heavy atom. The minimum Gasteiger partial charge on any atom is -0.398 e. The number of aryl methyl sites for hydroxylation is 1. The molecular formula is C17H19IN2O2S. The van der Waals surface area contributed by atoms with Gasteiger partial charge in [-0.25, -0.2) is 8.42 Å². The molecule has 0 amide bonds. The zero-order valence-corrected chi connectivity index (χ0v) is 15.9. The zero-order chi connectivity index (χ0) is 16.6. The molecule has 0 fully saturated rings.